The summed E-state index contributed by atoms with van der Waals surface area (Å²) in [5, 5.41) is 13.5. The second-order valence-electron chi connectivity index (χ2n) is 4.62. The van der Waals surface area contributed by atoms with Gasteiger partial charge in [-0.15, -0.1) is 0 Å². The first kappa shape index (κ1) is 11.1. The fraction of sp³-hybridized carbons (Fsp3) is 0.462. The fourth-order valence-electron chi connectivity index (χ4n) is 2.22. The molecule has 2 rings (SSSR count). The lowest BCUT2D eigenvalue weighted by molar-refractivity contribution is -0.112. The van der Waals surface area contributed by atoms with E-state index in [-0.39, 0.29) is 12.5 Å². The van der Waals surface area contributed by atoms with E-state index in [0.29, 0.717) is 0 Å². The second-order valence-corrected chi connectivity index (χ2v) is 4.62. The topological polar surface area (TPSA) is 49.3 Å². The molecule has 0 saturated heterocycles. The van der Waals surface area contributed by atoms with Gasteiger partial charge in [0.05, 0.1) is 11.6 Å². The summed E-state index contributed by atoms with van der Waals surface area (Å²) < 4.78 is 0. The van der Waals surface area contributed by atoms with Crippen LogP contribution < -0.4 is 5.32 Å². The average Bonchev–Trinajstić information content (AvgIpc) is 2.28. The van der Waals surface area contributed by atoms with Crippen LogP contribution in [0, 0.1) is 0 Å². The van der Waals surface area contributed by atoms with E-state index in [4.69, 9.17) is 0 Å². The summed E-state index contributed by atoms with van der Waals surface area (Å²) in [4.78, 5) is 10.5. The Morgan fingerprint density at radius 1 is 1.56 bits per heavy atom. The van der Waals surface area contributed by atoms with Crippen LogP contribution in [0.3, 0.4) is 0 Å². The monoisotopic (exact) mass is 219 g/mol. The van der Waals surface area contributed by atoms with Gasteiger partial charge < -0.3 is 15.2 Å². The highest BCUT2D eigenvalue weighted by molar-refractivity contribution is 5.56. The lowest BCUT2D eigenvalue weighted by Gasteiger charge is -2.36. The SMILES string of the molecule is CC(O)(CC=O)C1CCc2ccccc2N1. The van der Waals surface area contributed by atoms with Crippen molar-refractivity contribution in [2.75, 3.05) is 5.32 Å². The Labute approximate surface area is 95.5 Å². The number of aryl methyl sites for hydroxylation is 1. The van der Waals surface area contributed by atoms with Crippen LogP contribution in [-0.2, 0) is 11.2 Å². The Hall–Kier alpha value is -1.35. The Bertz CT molecular complexity index is 387. The summed E-state index contributed by atoms with van der Waals surface area (Å²) >= 11 is 0. The molecule has 0 aliphatic carbocycles. The van der Waals surface area contributed by atoms with E-state index >= 15 is 0 Å². The van der Waals surface area contributed by atoms with Gasteiger partial charge in [0.2, 0.25) is 0 Å². The minimum absolute atomic E-state index is 0.0485. The highest BCUT2D eigenvalue weighted by Gasteiger charge is 2.33. The molecule has 0 spiro atoms. The zero-order valence-corrected chi connectivity index (χ0v) is 9.44. The molecule has 86 valence electrons. The molecule has 1 aliphatic heterocycles. The first-order chi connectivity index (χ1) is 7.63. The predicted octanol–water partition coefficient (Wildman–Crippen LogP) is 1.75. The van der Waals surface area contributed by atoms with Gasteiger partial charge >= 0.3 is 0 Å². The normalized spacial score (nSPS) is 22.8. The molecule has 0 radical (unpaired) electrons. The van der Waals surface area contributed by atoms with Gasteiger partial charge in [-0.05, 0) is 31.4 Å². The predicted molar refractivity (Wildman–Crippen MR) is 63.5 cm³/mol. The number of carbonyl (C=O) groups is 1. The number of hydrogen-bond acceptors (Lipinski definition) is 3. The molecule has 0 saturated carbocycles. The summed E-state index contributed by atoms with van der Waals surface area (Å²) in [5.41, 5.74) is 1.39. The number of carbonyl (C=O) groups excluding carboxylic acids is 1. The van der Waals surface area contributed by atoms with Crippen LogP contribution in [0.2, 0.25) is 0 Å². The molecule has 1 heterocycles. The third kappa shape index (κ3) is 2.09. The number of rotatable bonds is 3. The number of para-hydroxylation sites is 1. The van der Waals surface area contributed by atoms with Crippen LogP contribution in [0.5, 0.6) is 0 Å². The molecule has 0 aromatic heterocycles. The van der Waals surface area contributed by atoms with Crippen LogP contribution in [0.4, 0.5) is 5.69 Å². The molecular formula is C13H17NO2. The van der Waals surface area contributed by atoms with Crippen molar-refractivity contribution >= 4 is 12.0 Å². The van der Waals surface area contributed by atoms with Crippen molar-refractivity contribution < 1.29 is 9.90 Å². The van der Waals surface area contributed by atoms with Gasteiger partial charge in [-0.2, -0.15) is 0 Å². The van der Waals surface area contributed by atoms with Crippen LogP contribution in [0.15, 0.2) is 24.3 Å². The number of anilines is 1. The molecule has 16 heavy (non-hydrogen) atoms. The van der Waals surface area contributed by atoms with Crippen molar-refractivity contribution in [2.45, 2.75) is 37.8 Å². The van der Waals surface area contributed by atoms with E-state index < -0.39 is 5.60 Å². The average molecular weight is 219 g/mol. The third-order valence-corrected chi connectivity index (χ3v) is 3.30. The number of hydrogen-bond donors (Lipinski definition) is 2. The van der Waals surface area contributed by atoms with Crippen molar-refractivity contribution in [3.63, 3.8) is 0 Å². The summed E-state index contributed by atoms with van der Waals surface area (Å²) in [6.45, 7) is 1.72. The number of fused-ring (bicyclic) bond motifs is 1. The zero-order valence-electron chi connectivity index (χ0n) is 9.44. The Balaban J connectivity index is 2.16. The molecule has 1 aromatic carbocycles. The zero-order chi connectivity index (χ0) is 11.6. The van der Waals surface area contributed by atoms with E-state index in [2.05, 4.69) is 11.4 Å². The van der Waals surface area contributed by atoms with Crippen molar-refractivity contribution in [3.05, 3.63) is 29.8 Å². The van der Waals surface area contributed by atoms with Crippen molar-refractivity contribution in [1.29, 1.82) is 0 Å². The van der Waals surface area contributed by atoms with Crippen LogP contribution in [-0.4, -0.2) is 23.0 Å². The highest BCUT2D eigenvalue weighted by atomic mass is 16.3. The lowest BCUT2D eigenvalue weighted by atomic mass is 9.85. The quantitative estimate of drug-likeness (QED) is 0.761. The first-order valence-electron chi connectivity index (χ1n) is 5.64. The van der Waals surface area contributed by atoms with E-state index in [0.717, 1.165) is 24.8 Å². The van der Waals surface area contributed by atoms with Gasteiger partial charge in [-0.1, -0.05) is 18.2 Å². The van der Waals surface area contributed by atoms with Gasteiger partial charge in [0.15, 0.2) is 0 Å². The molecule has 3 nitrogen and oxygen atoms in total. The van der Waals surface area contributed by atoms with Crippen LogP contribution >= 0.6 is 0 Å². The highest BCUT2D eigenvalue weighted by Crippen LogP contribution is 2.30. The molecule has 1 aliphatic rings. The number of nitrogens with one attached hydrogen (secondary N) is 1. The molecule has 2 N–H and O–H groups in total. The largest absolute Gasteiger partial charge is 0.388 e. The molecule has 0 fully saturated rings. The van der Waals surface area contributed by atoms with Crippen molar-refractivity contribution in [2.24, 2.45) is 0 Å². The summed E-state index contributed by atoms with van der Waals surface area (Å²) in [7, 11) is 0. The van der Waals surface area contributed by atoms with E-state index in [1.807, 2.05) is 18.2 Å². The molecule has 2 unspecified atom stereocenters. The minimum atomic E-state index is -0.963. The van der Waals surface area contributed by atoms with Crippen LogP contribution in [0.1, 0.15) is 25.3 Å². The maximum Gasteiger partial charge on any atom is 0.122 e. The molecule has 0 bridgehead atoms. The maximum absolute atomic E-state index is 10.5. The standard InChI is InChI=1S/C13H17NO2/c1-13(16,8-9-15)12-7-6-10-4-2-3-5-11(10)14-12/h2-5,9,12,14,16H,6-8H2,1H3. The lowest BCUT2D eigenvalue weighted by Crippen LogP contribution is -2.46. The molecule has 2 atom stereocenters. The minimum Gasteiger partial charge on any atom is -0.388 e. The van der Waals surface area contributed by atoms with Gasteiger partial charge in [-0.25, -0.2) is 0 Å². The second kappa shape index (κ2) is 4.26. The Kier molecular flexibility index (Phi) is 2.97. The summed E-state index contributed by atoms with van der Waals surface area (Å²) in [5.74, 6) is 0. The molecule has 1 aromatic rings. The molecule has 0 amide bonds. The van der Waals surface area contributed by atoms with E-state index in [1.165, 1.54) is 5.56 Å². The number of benzene rings is 1. The number of aliphatic hydroxyl groups is 1. The smallest absolute Gasteiger partial charge is 0.122 e. The fourth-order valence-corrected chi connectivity index (χ4v) is 2.22. The summed E-state index contributed by atoms with van der Waals surface area (Å²) in [6.07, 6.45) is 2.76. The maximum atomic E-state index is 10.5. The van der Waals surface area contributed by atoms with Gasteiger partial charge in [0, 0.05) is 12.1 Å². The van der Waals surface area contributed by atoms with Crippen molar-refractivity contribution in [1.82, 2.24) is 0 Å². The Morgan fingerprint density at radius 3 is 3.06 bits per heavy atom. The first-order valence-corrected chi connectivity index (χ1v) is 5.64. The third-order valence-electron chi connectivity index (χ3n) is 3.30. The number of aldehydes is 1. The van der Waals surface area contributed by atoms with Gasteiger partial charge in [0.25, 0.3) is 0 Å². The molecular weight excluding hydrogens is 202 g/mol. The van der Waals surface area contributed by atoms with Crippen LogP contribution in [0.25, 0.3) is 0 Å². The van der Waals surface area contributed by atoms with Gasteiger partial charge in [0.1, 0.15) is 6.29 Å². The van der Waals surface area contributed by atoms with E-state index in [9.17, 15) is 9.90 Å². The summed E-state index contributed by atoms with van der Waals surface area (Å²) in [6, 6.07) is 8.05. The van der Waals surface area contributed by atoms with Gasteiger partial charge in [-0.3, -0.25) is 0 Å². The van der Waals surface area contributed by atoms with Crippen molar-refractivity contribution in [3.8, 4) is 0 Å². The molecule has 3 heteroatoms. The van der Waals surface area contributed by atoms with E-state index in [1.54, 1.807) is 6.92 Å². The Morgan fingerprint density at radius 2 is 2.31 bits per heavy atom.